The Bertz CT molecular complexity index is 412. The van der Waals surface area contributed by atoms with E-state index < -0.39 is 11.6 Å². The van der Waals surface area contributed by atoms with Gasteiger partial charge in [0.1, 0.15) is 11.6 Å². The summed E-state index contributed by atoms with van der Waals surface area (Å²) in [4.78, 5) is 13.2. The van der Waals surface area contributed by atoms with Crippen LogP contribution in [0.2, 0.25) is 0 Å². The highest BCUT2D eigenvalue weighted by atomic mass is 79.9. The molecule has 0 heterocycles. The van der Waals surface area contributed by atoms with Crippen molar-refractivity contribution in [1.82, 2.24) is 4.90 Å². The highest BCUT2D eigenvalue weighted by molar-refractivity contribution is 9.09. The molecular weight excluding hydrogens is 304 g/mol. The lowest BCUT2D eigenvalue weighted by Gasteiger charge is -2.17. The summed E-state index contributed by atoms with van der Waals surface area (Å²) in [6.07, 6.45) is 2.19. The average molecular weight is 320 g/mol. The maximum atomic E-state index is 13.4. The first-order chi connectivity index (χ1) is 8.54. The van der Waals surface area contributed by atoms with Crippen LogP contribution in [-0.4, -0.2) is 23.2 Å². The van der Waals surface area contributed by atoms with Gasteiger partial charge in [-0.2, -0.15) is 0 Å². The lowest BCUT2D eigenvalue weighted by atomic mass is 10.2. The number of rotatable bonds is 6. The number of unbranched alkanes of at least 4 members (excludes halogenated alkanes) is 1. The van der Waals surface area contributed by atoms with Crippen LogP contribution in [0, 0.1) is 11.6 Å². The molecule has 0 aliphatic carbocycles. The predicted molar refractivity (Wildman–Crippen MR) is 70.5 cm³/mol. The van der Waals surface area contributed by atoms with Crippen LogP contribution in [0.3, 0.4) is 0 Å². The van der Waals surface area contributed by atoms with E-state index in [9.17, 15) is 13.6 Å². The quantitative estimate of drug-likeness (QED) is 0.580. The summed E-state index contributed by atoms with van der Waals surface area (Å²) in [5, 5.41) is 0.872. The summed E-state index contributed by atoms with van der Waals surface area (Å²) in [5.41, 5.74) is 0.327. The van der Waals surface area contributed by atoms with Gasteiger partial charge >= 0.3 is 0 Å². The lowest BCUT2D eigenvalue weighted by molar-refractivity contribution is -0.130. The number of benzene rings is 1. The summed E-state index contributed by atoms with van der Waals surface area (Å²) in [7, 11) is 1.62. The van der Waals surface area contributed by atoms with Gasteiger partial charge in [0, 0.05) is 37.0 Å². The van der Waals surface area contributed by atoms with E-state index >= 15 is 0 Å². The number of nitrogens with zero attached hydrogens (tertiary/aromatic N) is 1. The number of hydrogen-bond donors (Lipinski definition) is 0. The zero-order valence-electron chi connectivity index (χ0n) is 10.3. The lowest BCUT2D eigenvalue weighted by Crippen LogP contribution is -2.26. The molecule has 0 bridgehead atoms. The van der Waals surface area contributed by atoms with Gasteiger partial charge in [0.2, 0.25) is 5.91 Å². The maximum Gasteiger partial charge on any atom is 0.222 e. The minimum Gasteiger partial charge on any atom is -0.341 e. The van der Waals surface area contributed by atoms with Crippen LogP contribution in [0.5, 0.6) is 0 Å². The molecule has 5 heteroatoms. The van der Waals surface area contributed by atoms with Crippen molar-refractivity contribution in [3.63, 3.8) is 0 Å². The molecule has 2 nitrogen and oxygen atoms in total. The fourth-order valence-electron chi connectivity index (χ4n) is 1.56. The van der Waals surface area contributed by atoms with Crippen LogP contribution in [0.1, 0.15) is 24.8 Å². The number of amides is 1. The number of halogens is 3. The Kier molecular flexibility index (Phi) is 6.25. The molecule has 0 atom stereocenters. The smallest absolute Gasteiger partial charge is 0.222 e. The van der Waals surface area contributed by atoms with Crippen LogP contribution in [0.15, 0.2) is 18.2 Å². The van der Waals surface area contributed by atoms with Gasteiger partial charge in [0.25, 0.3) is 0 Å². The highest BCUT2D eigenvalue weighted by Crippen LogP contribution is 2.12. The summed E-state index contributed by atoms with van der Waals surface area (Å²) in [5.74, 6) is -1.25. The predicted octanol–water partition coefficient (Wildman–Crippen LogP) is 3.49. The SMILES string of the molecule is CN(Cc1ccc(F)cc1F)C(=O)CCCCBr. The normalized spacial score (nSPS) is 10.4. The zero-order chi connectivity index (χ0) is 13.5. The molecule has 0 unspecified atom stereocenters. The van der Waals surface area contributed by atoms with Crippen molar-refractivity contribution < 1.29 is 13.6 Å². The molecule has 0 saturated carbocycles. The number of carbonyl (C=O) groups excluding carboxylic acids is 1. The minimum absolute atomic E-state index is 0.0281. The average Bonchev–Trinajstić information content (AvgIpc) is 2.32. The van der Waals surface area contributed by atoms with Crippen molar-refractivity contribution in [1.29, 1.82) is 0 Å². The van der Waals surface area contributed by atoms with E-state index in [-0.39, 0.29) is 12.5 Å². The van der Waals surface area contributed by atoms with E-state index in [1.807, 2.05) is 0 Å². The first-order valence-electron chi connectivity index (χ1n) is 5.78. The van der Waals surface area contributed by atoms with E-state index in [1.54, 1.807) is 7.05 Å². The van der Waals surface area contributed by atoms with Crippen LogP contribution in [-0.2, 0) is 11.3 Å². The van der Waals surface area contributed by atoms with E-state index in [2.05, 4.69) is 15.9 Å². The van der Waals surface area contributed by atoms with Gasteiger partial charge in [0.05, 0.1) is 0 Å². The van der Waals surface area contributed by atoms with Gasteiger partial charge in [-0.25, -0.2) is 8.78 Å². The molecule has 0 aliphatic heterocycles. The number of hydrogen-bond acceptors (Lipinski definition) is 1. The third-order valence-electron chi connectivity index (χ3n) is 2.62. The Balaban J connectivity index is 2.53. The van der Waals surface area contributed by atoms with Gasteiger partial charge in [-0.15, -0.1) is 0 Å². The molecule has 0 fully saturated rings. The third kappa shape index (κ3) is 4.72. The van der Waals surface area contributed by atoms with Crippen molar-refractivity contribution >= 4 is 21.8 Å². The summed E-state index contributed by atoms with van der Waals surface area (Å²) in [6.45, 7) is 0.166. The Labute approximate surface area is 114 Å². The van der Waals surface area contributed by atoms with Gasteiger partial charge in [-0.1, -0.05) is 22.0 Å². The van der Waals surface area contributed by atoms with Crippen molar-refractivity contribution in [3.05, 3.63) is 35.4 Å². The monoisotopic (exact) mass is 319 g/mol. The summed E-state index contributed by atoms with van der Waals surface area (Å²) >= 11 is 3.30. The molecule has 18 heavy (non-hydrogen) atoms. The molecule has 0 radical (unpaired) electrons. The number of alkyl halides is 1. The molecule has 0 spiro atoms. The standard InChI is InChI=1S/C13H16BrF2NO/c1-17(13(18)4-2-3-7-14)9-10-5-6-11(15)8-12(10)16/h5-6,8H,2-4,7,9H2,1H3. The maximum absolute atomic E-state index is 13.4. The second kappa shape index (κ2) is 7.46. The van der Waals surface area contributed by atoms with E-state index in [0.29, 0.717) is 12.0 Å². The Morgan fingerprint density at radius 3 is 2.67 bits per heavy atom. The van der Waals surface area contributed by atoms with E-state index in [1.165, 1.54) is 17.0 Å². The molecule has 1 aromatic rings. The molecule has 0 saturated heterocycles. The second-order valence-electron chi connectivity index (χ2n) is 4.13. The topological polar surface area (TPSA) is 20.3 Å². The third-order valence-corrected chi connectivity index (χ3v) is 3.18. The number of carbonyl (C=O) groups is 1. The van der Waals surface area contributed by atoms with E-state index in [0.717, 1.165) is 24.2 Å². The van der Waals surface area contributed by atoms with Crippen LogP contribution in [0.4, 0.5) is 8.78 Å². The molecule has 0 N–H and O–H groups in total. The molecule has 1 rings (SSSR count). The van der Waals surface area contributed by atoms with Crippen molar-refractivity contribution in [3.8, 4) is 0 Å². The minimum atomic E-state index is -0.616. The highest BCUT2D eigenvalue weighted by Gasteiger charge is 2.11. The first-order valence-corrected chi connectivity index (χ1v) is 6.90. The second-order valence-corrected chi connectivity index (χ2v) is 4.92. The molecule has 1 aromatic carbocycles. The van der Waals surface area contributed by atoms with E-state index in [4.69, 9.17) is 0 Å². The van der Waals surface area contributed by atoms with Crippen molar-refractivity contribution in [2.24, 2.45) is 0 Å². The fraction of sp³-hybridized carbons (Fsp3) is 0.462. The molecule has 0 aromatic heterocycles. The van der Waals surface area contributed by atoms with Crippen LogP contribution < -0.4 is 0 Å². The van der Waals surface area contributed by atoms with Gasteiger partial charge in [-0.05, 0) is 18.9 Å². The summed E-state index contributed by atoms with van der Waals surface area (Å²) < 4.78 is 26.1. The van der Waals surface area contributed by atoms with Crippen LogP contribution >= 0.6 is 15.9 Å². The summed E-state index contributed by atoms with van der Waals surface area (Å²) in [6, 6.07) is 3.40. The zero-order valence-corrected chi connectivity index (χ0v) is 11.8. The fourth-order valence-corrected chi connectivity index (χ4v) is 1.95. The van der Waals surface area contributed by atoms with Crippen molar-refractivity contribution in [2.75, 3.05) is 12.4 Å². The molecule has 1 amide bonds. The Morgan fingerprint density at radius 2 is 2.06 bits per heavy atom. The molecule has 100 valence electrons. The van der Waals surface area contributed by atoms with Crippen molar-refractivity contribution in [2.45, 2.75) is 25.8 Å². The molecular formula is C13H16BrF2NO. The Morgan fingerprint density at radius 1 is 1.33 bits per heavy atom. The van der Waals surface area contributed by atoms with Gasteiger partial charge in [-0.3, -0.25) is 4.79 Å². The first kappa shape index (κ1) is 15.1. The molecule has 0 aliphatic rings. The van der Waals surface area contributed by atoms with Crippen LogP contribution in [0.25, 0.3) is 0 Å². The van der Waals surface area contributed by atoms with Gasteiger partial charge in [0.15, 0.2) is 0 Å². The van der Waals surface area contributed by atoms with Gasteiger partial charge < -0.3 is 4.90 Å². The largest absolute Gasteiger partial charge is 0.341 e. The Hall–Kier alpha value is -0.970.